The SMILES string of the molecule is Cc1ccccc1OCC(=O)N[C@H](CC(C)C)C(=O)N/N=C\c1cccc2ccccc12. The molecule has 0 fully saturated rings. The average Bonchev–Trinajstić information content (AvgIpc) is 2.78. The molecule has 0 aliphatic carbocycles. The molecule has 1 atom stereocenters. The van der Waals surface area contributed by atoms with Crippen molar-refractivity contribution in [2.24, 2.45) is 11.0 Å². The van der Waals surface area contributed by atoms with Crippen LogP contribution < -0.4 is 15.5 Å². The molecule has 0 saturated carbocycles. The molecule has 3 aromatic rings. The first kappa shape index (κ1) is 23.0. The zero-order chi connectivity index (χ0) is 22.9. The van der Waals surface area contributed by atoms with Gasteiger partial charge in [0.1, 0.15) is 11.8 Å². The number of rotatable bonds is 9. The minimum Gasteiger partial charge on any atom is -0.484 e. The van der Waals surface area contributed by atoms with Gasteiger partial charge >= 0.3 is 0 Å². The summed E-state index contributed by atoms with van der Waals surface area (Å²) in [4.78, 5) is 25.1. The van der Waals surface area contributed by atoms with Crippen molar-refractivity contribution in [3.8, 4) is 5.75 Å². The van der Waals surface area contributed by atoms with Gasteiger partial charge in [-0.05, 0) is 41.7 Å². The molecule has 6 nitrogen and oxygen atoms in total. The molecule has 0 heterocycles. The topological polar surface area (TPSA) is 79.8 Å². The zero-order valence-corrected chi connectivity index (χ0v) is 18.7. The zero-order valence-electron chi connectivity index (χ0n) is 18.7. The van der Waals surface area contributed by atoms with Crippen LogP contribution in [0.3, 0.4) is 0 Å². The van der Waals surface area contributed by atoms with Crippen molar-refractivity contribution in [2.75, 3.05) is 6.61 Å². The maximum atomic E-state index is 12.7. The molecule has 0 aliphatic rings. The van der Waals surface area contributed by atoms with Crippen molar-refractivity contribution >= 4 is 28.8 Å². The molecule has 3 aromatic carbocycles. The van der Waals surface area contributed by atoms with E-state index in [2.05, 4.69) is 15.8 Å². The van der Waals surface area contributed by atoms with Crippen LogP contribution >= 0.6 is 0 Å². The van der Waals surface area contributed by atoms with Crippen LogP contribution in [-0.2, 0) is 9.59 Å². The van der Waals surface area contributed by atoms with Gasteiger partial charge in [-0.25, -0.2) is 5.43 Å². The third kappa shape index (κ3) is 6.41. The van der Waals surface area contributed by atoms with Gasteiger partial charge < -0.3 is 10.1 Å². The third-order valence-electron chi connectivity index (χ3n) is 5.01. The molecule has 3 rings (SSSR count). The maximum Gasteiger partial charge on any atom is 0.262 e. The van der Waals surface area contributed by atoms with Crippen LogP contribution in [0.4, 0.5) is 0 Å². The number of hydrazone groups is 1. The van der Waals surface area contributed by atoms with Gasteiger partial charge in [0, 0.05) is 5.56 Å². The van der Waals surface area contributed by atoms with Crippen molar-refractivity contribution in [1.29, 1.82) is 0 Å². The molecule has 0 aliphatic heterocycles. The summed E-state index contributed by atoms with van der Waals surface area (Å²) in [6, 6.07) is 20.7. The highest BCUT2D eigenvalue weighted by Crippen LogP contribution is 2.17. The van der Waals surface area contributed by atoms with Crippen molar-refractivity contribution < 1.29 is 14.3 Å². The van der Waals surface area contributed by atoms with E-state index in [0.29, 0.717) is 12.2 Å². The van der Waals surface area contributed by atoms with Gasteiger partial charge in [0.05, 0.1) is 6.21 Å². The number of ether oxygens (including phenoxy) is 1. The number of hydrogen-bond donors (Lipinski definition) is 2. The Labute approximate surface area is 188 Å². The number of aryl methyl sites for hydroxylation is 1. The lowest BCUT2D eigenvalue weighted by atomic mass is 10.0. The molecule has 0 spiro atoms. The number of amides is 2. The molecule has 2 N–H and O–H groups in total. The fourth-order valence-electron chi connectivity index (χ4n) is 3.41. The second-order valence-electron chi connectivity index (χ2n) is 8.11. The Kier molecular flexibility index (Phi) is 7.97. The molecule has 2 amide bonds. The van der Waals surface area contributed by atoms with Crippen molar-refractivity contribution in [3.63, 3.8) is 0 Å². The number of para-hydroxylation sites is 1. The first-order valence-electron chi connectivity index (χ1n) is 10.7. The van der Waals surface area contributed by atoms with E-state index in [1.54, 1.807) is 6.21 Å². The average molecular weight is 432 g/mol. The van der Waals surface area contributed by atoms with Crippen molar-refractivity contribution in [1.82, 2.24) is 10.7 Å². The van der Waals surface area contributed by atoms with E-state index in [-0.39, 0.29) is 24.3 Å². The number of fused-ring (bicyclic) bond motifs is 1. The van der Waals surface area contributed by atoms with Crippen LogP contribution in [-0.4, -0.2) is 30.7 Å². The third-order valence-corrected chi connectivity index (χ3v) is 5.01. The lowest BCUT2D eigenvalue weighted by Crippen LogP contribution is -2.47. The van der Waals surface area contributed by atoms with Crippen LogP contribution in [0.5, 0.6) is 5.75 Å². The van der Waals surface area contributed by atoms with E-state index < -0.39 is 6.04 Å². The Hall–Kier alpha value is -3.67. The van der Waals surface area contributed by atoms with Crippen molar-refractivity contribution in [3.05, 3.63) is 77.9 Å². The normalized spacial score (nSPS) is 12.1. The first-order valence-corrected chi connectivity index (χ1v) is 10.7. The molecule has 166 valence electrons. The minimum atomic E-state index is -0.701. The number of carbonyl (C=O) groups excluding carboxylic acids is 2. The lowest BCUT2D eigenvalue weighted by molar-refractivity contribution is -0.130. The molecule has 0 radical (unpaired) electrons. The van der Waals surface area contributed by atoms with E-state index in [1.165, 1.54) is 0 Å². The molecule has 0 saturated heterocycles. The Bertz CT molecular complexity index is 1100. The molecular weight excluding hydrogens is 402 g/mol. The summed E-state index contributed by atoms with van der Waals surface area (Å²) in [5, 5.41) is 9.04. The molecular formula is C26H29N3O3. The molecule has 32 heavy (non-hydrogen) atoms. The largest absolute Gasteiger partial charge is 0.484 e. The van der Waals surface area contributed by atoms with Gasteiger partial charge in [0.15, 0.2) is 6.61 Å². The van der Waals surface area contributed by atoms with E-state index >= 15 is 0 Å². The molecule has 0 bridgehead atoms. The van der Waals surface area contributed by atoms with Crippen LogP contribution in [0.15, 0.2) is 71.8 Å². The highest BCUT2D eigenvalue weighted by atomic mass is 16.5. The Morgan fingerprint density at radius 2 is 1.72 bits per heavy atom. The number of hydrogen-bond acceptors (Lipinski definition) is 4. The van der Waals surface area contributed by atoms with Gasteiger partial charge in [0.25, 0.3) is 11.8 Å². The number of nitrogens with one attached hydrogen (secondary N) is 2. The Balaban J connectivity index is 1.60. The number of nitrogens with zero attached hydrogens (tertiary/aromatic N) is 1. The van der Waals surface area contributed by atoms with Crippen LogP contribution in [0.1, 0.15) is 31.4 Å². The van der Waals surface area contributed by atoms with E-state index in [1.807, 2.05) is 87.5 Å². The summed E-state index contributed by atoms with van der Waals surface area (Å²) in [7, 11) is 0. The van der Waals surface area contributed by atoms with Gasteiger partial charge in [-0.1, -0.05) is 74.5 Å². The Morgan fingerprint density at radius 3 is 2.50 bits per heavy atom. The Morgan fingerprint density at radius 1 is 1.00 bits per heavy atom. The number of benzene rings is 3. The maximum absolute atomic E-state index is 12.7. The minimum absolute atomic E-state index is 0.161. The quantitative estimate of drug-likeness (QED) is 0.393. The van der Waals surface area contributed by atoms with E-state index in [4.69, 9.17) is 4.74 Å². The fraction of sp³-hybridized carbons (Fsp3) is 0.269. The first-order chi connectivity index (χ1) is 15.4. The van der Waals surface area contributed by atoms with Gasteiger partial charge in [-0.15, -0.1) is 0 Å². The van der Waals surface area contributed by atoms with Gasteiger partial charge in [0.2, 0.25) is 0 Å². The number of carbonyl (C=O) groups is 2. The van der Waals surface area contributed by atoms with E-state index in [9.17, 15) is 9.59 Å². The highest BCUT2D eigenvalue weighted by molar-refractivity contribution is 6.00. The summed E-state index contributed by atoms with van der Waals surface area (Å²) in [6.45, 7) is 5.74. The predicted molar refractivity (Wildman–Crippen MR) is 128 cm³/mol. The molecule has 0 unspecified atom stereocenters. The summed E-state index contributed by atoms with van der Waals surface area (Å²) < 4.78 is 5.59. The smallest absolute Gasteiger partial charge is 0.262 e. The van der Waals surface area contributed by atoms with Crippen LogP contribution in [0.2, 0.25) is 0 Å². The summed E-state index contributed by atoms with van der Waals surface area (Å²) in [5.74, 6) is 0.143. The highest BCUT2D eigenvalue weighted by Gasteiger charge is 2.22. The lowest BCUT2D eigenvalue weighted by Gasteiger charge is -2.19. The van der Waals surface area contributed by atoms with Crippen LogP contribution in [0, 0.1) is 12.8 Å². The summed E-state index contributed by atoms with van der Waals surface area (Å²) in [6.07, 6.45) is 2.11. The van der Waals surface area contributed by atoms with Crippen molar-refractivity contribution in [2.45, 2.75) is 33.2 Å². The fourth-order valence-corrected chi connectivity index (χ4v) is 3.41. The van der Waals surface area contributed by atoms with E-state index in [0.717, 1.165) is 21.9 Å². The molecule has 0 aromatic heterocycles. The monoisotopic (exact) mass is 431 g/mol. The predicted octanol–water partition coefficient (Wildman–Crippen LogP) is 4.21. The van der Waals surface area contributed by atoms with Gasteiger partial charge in [-0.2, -0.15) is 5.10 Å². The standard InChI is InChI=1S/C26H29N3O3/c1-18(2)15-23(28-25(30)17-32-24-14-7-4-9-19(24)3)26(31)29-27-16-21-12-8-11-20-10-5-6-13-22(20)21/h4-14,16,18,23H,15,17H2,1-3H3,(H,28,30)(H,29,31)/b27-16-/t23-/m1/s1. The van der Waals surface area contributed by atoms with Gasteiger partial charge in [-0.3, -0.25) is 9.59 Å². The van der Waals surface area contributed by atoms with Crippen LogP contribution in [0.25, 0.3) is 10.8 Å². The second kappa shape index (κ2) is 11.1. The second-order valence-corrected chi connectivity index (χ2v) is 8.11. The summed E-state index contributed by atoms with van der Waals surface area (Å²) >= 11 is 0. The summed E-state index contributed by atoms with van der Waals surface area (Å²) in [5.41, 5.74) is 4.41. The molecule has 6 heteroatoms.